The topological polar surface area (TPSA) is 35.6 Å². The standard InChI is InChI=1S/C28H27ClF3N3O/c29-22-7-4-8-23(17-22)34-13-14-35-25-10-9-21(28(30,31)32)15-20(25)16-24(26(35)18-34)27(36)33-12-11-19-5-2-1-3-6-19/h1-10,15,17,24,26H,11-14,16,18H2,(H,33,36). The number of carbonyl (C=O) groups excluding carboxylic acids is 1. The largest absolute Gasteiger partial charge is 0.416 e. The van der Waals surface area contributed by atoms with Crippen molar-refractivity contribution in [3.63, 3.8) is 0 Å². The molecule has 0 saturated carbocycles. The summed E-state index contributed by atoms with van der Waals surface area (Å²) >= 11 is 6.21. The highest BCUT2D eigenvalue weighted by Crippen LogP contribution is 2.40. The summed E-state index contributed by atoms with van der Waals surface area (Å²) in [5.41, 5.74) is 2.77. The molecule has 3 aromatic carbocycles. The molecule has 1 N–H and O–H groups in total. The first-order chi connectivity index (χ1) is 17.3. The molecule has 0 bridgehead atoms. The van der Waals surface area contributed by atoms with Gasteiger partial charge in [-0.15, -0.1) is 0 Å². The van der Waals surface area contributed by atoms with Gasteiger partial charge in [0.2, 0.25) is 5.91 Å². The van der Waals surface area contributed by atoms with Crippen molar-refractivity contribution in [1.82, 2.24) is 5.32 Å². The van der Waals surface area contributed by atoms with E-state index in [1.165, 1.54) is 6.07 Å². The Labute approximate surface area is 213 Å². The minimum atomic E-state index is -4.43. The Morgan fingerprint density at radius 2 is 1.81 bits per heavy atom. The number of benzene rings is 3. The predicted octanol–water partition coefficient (Wildman–Crippen LogP) is 5.59. The van der Waals surface area contributed by atoms with Crippen molar-refractivity contribution in [3.8, 4) is 0 Å². The van der Waals surface area contributed by atoms with Crippen LogP contribution in [0.4, 0.5) is 24.5 Å². The van der Waals surface area contributed by atoms with E-state index in [0.717, 1.165) is 23.0 Å². The Balaban J connectivity index is 1.40. The second-order valence-corrected chi connectivity index (χ2v) is 9.80. The van der Waals surface area contributed by atoms with Crippen molar-refractivity contribution in [1.29, 1.82) is 0 Å². The second kappa shape index (κ2) is 10.1. The summed E-state index contributed by atoms with van der Waals surface area (Å²) in [7, 11) is 0. The average molecular weight is 514 g/mol. The quantitative estimate of drug-likeness (QED) is 0.483. The summed E-state index contributed by atoms with van der Waals surface area (Å²) in [6.07, 6.45) is -3.47. The van der Waals surface area contributed by atoms with Gasteiger partial charge in [0.15, 0.2) is 0 Å². The lowest BCUT2D eigenvalue weighted by Crippen LogP contribution is -2.61. The SMILES string of the molecule is O=C(NCCc1ccccc1)C1Cc2cc(C(F)(F)F)ccc2N2CCN(c3cccc(Cl)c3)CC12. The zero-order valence-corrected chi connectivity index (χ0v) is 20.4. The van der Waals surface area contributed by atoms with Crippen molar-refractivity contribution in [2.75, 3.05) is 36.0 Å². The first kappa shape index (κ1) is 24.5. The summed E-state index contributed by atoms with van der Waals surface area (Å²) in [5.74, 6) is -0.601. The number of hydrogen-bond donors (Lipinski definition) is 1. The van der Waals surface area contributed by atoms with E-state index in [0.29, 0.717) is 43.2 Å². The fraction of sp³-hybridized carbons (Fsp3) is 0.321. The Morgan fingerprint density at radius 1 is 1.00 bits per heavy atom. The van der Waals surface area contributed by atoms with Crippen LogP contribution in [0.15, 0.2) is 72.8 Å². The van der Waals surface area contributed by atoms with Crippen LogP contribution >= 0.6 is 11.6 Å². The highest BCUT2D eigenvalue weighted by Gasteiger charge is 2.42. The number of nitrogens with one attached hydrogen (secondary N) is 1. The van der Waals surface area contributed by atoms with Gasteiger partial charge in [-0.25, -0.2) is 0 Å². The molecule has 36 heavy (non-hydrogen) atoms. The van der Waals surface area contributed by atoms with Crippen molar-refractivity contribution in [2.45, 2.75) is 25.1 Å². The molecule has 1 amide bonds. The number of nitrogens with zero attached hydrogens (tertiary/aromatic N) is 2. The number of amides is 1. The Hall–Kier alpha value is -3.19. The van der Waals surface area contributed by atoms with Gasteiger partial charge in [0.05, 0.1) is 17.5 Å². The number of rotatable bonds is 5. The number of fused-ring (bicyclic) bond motifs is 3. The molecular formula is C28H27ClF3N3O. The summed E-state index contributed by atoms with van der Waals surface area (Å²) < 4.78 is 40.3. The van der Waals surface area contributed by atoms with E-state index in [1.807, 2.05) is 54.6 Å². The van der Waals surface area contributed by atoms with Crippen molar-refractivity contribution in [3.05, 3.63) is 94.5 Å². The second-order valence-electron chi connectivity index (χ2n) is 9.37. The molecule has 0 radical (unpaired) electrons. The maximum atomic E-state index is 13.4. The van der Waals surface area contributed by atoms with Gasteiger partial charge in [0, 0.05) is 42.6 Å². The smallest absolute Gasteiger partial charge is 0.368 e. The molecule has 5 rings (SSSR count). The maximum absolute atomic E-state index is 13.4. The van der Waals surface area contributed by atoms with E-state index in [4.69, 9.17) is 11.6 Å². The molecule has 0 aromatic heterocycles. The van der Waals surface area contributed by atoms with Gasteiger partial charge in [-0.3, -0.25) is 4.79 Å². The van der Waals surface area contributed by atoms with Crippen molar-refractivity contribution < 1.29 is 18.0 Å². The van der Waals surface area contributed by atoms with Crippen molar-refractivity contribution >= 4 is 28.9 Å². The van der Waals surface area contributed by atoms with Crippen LogP contribution in [0.3, 0.4) is 0 Å². The van der Waals surface area contributed by atoms with Gasteiger partial charge >= 0.3 is 6.18 Å². The van der Waals surface area contributed by atoms with Gasteiger partial charge in [-0.1, -0.05) is 48.0 Å². The molecule has 2 unspecified atom stereocenters. The molecule has 2 heterocycles. The Bertz CT molecular complexity index is 1230. The van der Waals surface area contributed by atoms with Crippen LogP contribution in [-0.4, -0.2) is 38.1 Å². The highest BCUT2D eigenvalue weighted by molar-refractivity contribution is 6.30. The number of anilines is 2. The fourth-order valence-electron chi connectivity index (χ4n) is 5.31. The molecule has 188 valence electrons. The van der Waals surface area contributed by atoms with Gasteiger partial charge in [0.1, 0.15) is 0 Å². The maximum Gasteiger partial charge on any atom is 0.416 e. The summed E-state index contributed by atoms with van der Waals surface area (Å²) in [5, 5.41) is 3.68. The Kier molecular flexibility index (Phi) is 6.84. The third-order valence-electron chi connectivity index (χ3n) is 7.10. The first-order valence-corrected chi connectivity index (χ1v) is 12.5. The van der Waals surface area contributed by atoms with Crippen LogP contribution in [0.5, 0.6) is 0 Å². The van der Waals surface area contributed by atoms with E-state index in [9.17, 15) is 18.0 Å². The van der Waals surface area contributed by atoms with E-state index < -0.39 is 17.7 Å². The van der Waals surface area contributed by atoms with Gasteiger partial charge < -0.3 is 15.1 Å². The number of carbonyl (C=O) groups is 1. The van der Waals surface area contributed by atoms with Crippen molar-refractivity contribution in [2.24, 2.45) is 5.92 Å². The molecule has 4 nitrogen and oxygen atoms in total. The van der Waals surface area contributed by atoms with E-state index in [2.05, 4.69) is 15.1 Å². The van der Waals surface area contributed by atoms with Gasteiger partial charge in [-0.05, 0) is 60.4 Å². The van der Waals surface area contributed by atoms with Crippen LogP contribution in [0.2, 0.25) is 5.02 Å². The number of hydrogen-bond acceptors (Lipinski definition) is 3. The molecule has 1 fully saturated rings. The summed E-state index contributed by atoms with van der Waals surface area (Å²) in [6, 6.07) is 21.2. The highest BCUT2D eigenvalue weighted by atomic mass is 35.5. The van der Waals surface area contributed by atoms with Crippen LogP contribution in [-0.2, 0) is 23.8 Å². The normalized spacial score (nSPS) is 19.4. The molecule has 2 atom stereocenters. The molecule has 2 aliphatic rings. The molecule has 8 heteroatoms. The zero-order valence-electron chi connectivity index (χ0n) is 19.6. The third-order valence-corrected chi connectivity index (χ3v) is 7.34. The molecule has 1 saturated heterocycles. The fourth-order valence-corrected chi connectivity index (χ4v) is 5.50. The lowest BCUT2D eigenvalue weighted by Gasteiger charge is -2.49. The monoisotopic (exact) mass is 513 g/mol. The predicted molar refractivity (Wildman–Crippen MR) is 137 cm³/mol. The van der Waals surface area contributed by atoms with Crippen LogP contribution in [0, 0.1) is 5.92 Å². The van der Waals surface area contributed by atoms with Gasteiger partial charge in [-0.2, -0.15) is 13.2 Å². The number of piperazine rings is 1. The van der Waals surface area contributed by atoms with Crippen LogP contribution < -0.4 is 15.1 Å². The molecule has 3 aromatic rings. The molecule has 0 spiro atoms. The summed E-state index contributed by atoms with van der Waals surface area (Å²) in [4.78, 5) is 17.7. The average Bonchev–Trinajstić information content (AvgIpc) is 2.87. The minimum Gasteiger partial charge on any atom is -0.368 e. The molecule has 2 aliphatic heterocycles. The van der Waals surface area contributed by atoms with Gasteiger partial charge in [0.25, 0.3) is 0 Å². The van der Waals surface area contributed by atoms with E-state index >= 15 is 0 Å². The Morgan fingerprint density at radius 3 is 2.56 bits per heavy atom. The molecule has 0 aliphatic carbocycles. The van der Waals surface area contributed by atoms with E-state index in [1.54, 1.807) is 6.07 Å². The van der Waals surface area contributed by atoms with Crippen LogP contribution in [0.1, 0.15) is 16.7 Å². The zero-order chi connectivity index (χ0) is 25.3. The number of halogens is 4. The minimum absolute atomic E-state index is 0.128. The third kappa shape index (κ3) is 5.16. The molecular weight excluding hydrogens is 487 g/mol. The van der Waals surface area contributed by atoms with E-state index in [-0.39, 0.29) is 18.4 Å². The summed E-state index contributed by atoms with van der Waals surface area (Å²) in [6.45, 7) is 2.33. The lowest BCUT2D eigenvalue weighted by molar-refractivity contribution is -0.137. The first-order valence-electron chi connectivity index (χ1n) is 12.1. The number of alkyl halides is 3. The lowest BCUT2D eigenvalue weighted by atomic mass is 9.82. The van der Waals surface area contributed by atoms with Crippen LogP contribution in [0.25, 0.3) is 0 Å².